The summed E-state index contributed by atoms with van der Waals surface area (Å²) in [6, 6.07) is 0. The van der Waals surface area contributed by atoms with Crippen LogP contribution in [0.25, 0.3) is 0 Å². The first-order chi connectivity index (χ1) is 4.63. The standard InChI is InChI=1S/C4H6O6.H3N/c5-3(6)9-1-2-10-4(7)8;/h1-2H2,(H,5,6)(H,7,8);1H3. The molecular weight excluding hydrogens is 158 g/mol. The van der Waals surface area contributed by atoms with Crippen LogP contribution in [0.15, 0.2) is 0 Å². The number of hydrogen-bond donors (Lipinski definition) is 3. The van der Waals surface area contributed by atoms with Gasteiger partial charge >= 0.3 is 12.3 Å². The maximum absolute atomic E-state index is 9.62. The molecule has 66 valence electrons. The van der Waals surface area contributed by atoms with Gasteiger partial charge in [0.1, 0.15) is 13.2 Å². The molecule has 0 bridgehead atoms. The summed E-state index contributed by atoms with van der Waals surface area (Å²) in [6.07, 6.45) is -2.90. The van der Waals surface area contributed by atoms with Gasteiger partial charge in [-0.15, -0.1) is 0 Å². The van der Waals surface area contributed by atoms with E-state index in [2.05, 4.69) is 9.47 Å². The van der Waals surface area contributed by atoms with Gasteiger partial charge in [-0.2, -0.15) is 0 Å². The monoisotopic (exact) mass is 167 g/mol. The average Bonchev–Trinajstić information content (AvgIpc) is 1.79. The third-order valence-corrected chi connectivity index (χ3v) is 0.534. The summed E-state index contributed by atoms with van der Waals surface area (Å²) >= 11 is 0. The third kappa shape index (κ3) is 11.9. The van der Waals surface area contributed by atoms with Crippen LogP contribution in [0.4, 0.5) is 9.59 Å². The molecule has 0 saturated carbocycles. The molecule has 0 atom stereocenters. The minimum absolute atomic E-state index is 0. The van der Waals surface area contributed by atoms with Gasteiger partial charge in [0.2, 0.25) is 0 Å². The lowest BCUT2D eigenvalue weighted by Gasteiger charge is -1.98. The summed E-state index contributed by atoms with van der Waals surface area (Å²) in [5.74, 6) is 0. The molecule has 7 nitrogen and oxygen atoms in total. The van der Waals surface area contributed by atoms with E-state index in [0.29, 0.717) is 0 Å². The summed E-state index contributed by atoms with van der Waals surface area (Å²) in [6.45, 7) is -0.552. The van der Waals surface area contributed by atoms with Crippen LogP contribution in [0.5, 0.6) is 0 Å². The van der Waals surface area contributed by atoms with E-state index in [1.165, 1.54) is 0 Å². The lowest BCUT2D eigenvalue weighted by atomic mass is 10.8. The summed E-state index contributed by atoms with van der Waals surface area (Å²) in [7, 11) is 0. The molecule has 0 aromatic carbocycles. The molecular formula is C4H9NO6. The van der Waals surface area contributed by atoms with Crippen molar-refractivity contribution in [3.8, 4) is 0 Å². The molecule has 0 saturated heterocycles. The fraction of sp³-hybridized carbons (Fsp3) is 0.500. The van der Waals surface area contributed by atoms with Gasteiger partial charge in [0.15, 0.2) is 0 Å². The van der Waals surface area contributed by atoms with E-state index >= 15 is 0 Å². The van der Waals surface area contributed by atoms with E-state index in [1.807, 2.05) is 0 Å². The van der Waals surface area contributed by atoms with E-state index in [-0.39, 0.29) is 19.4 Å². The van der Waals surface area contributed by atoms with Crippen LogP contribution in [0.1, 0.15) is 0 Å². The third-order valence-electron chi connectivity index (χ3n) is 0.534. The Morgan fingerprint density at radius 3 is 1.45 bits per heavy atom. The Hall–Kier alpha value is -1.50. The summed E-state index contributed by atoms with van der Waals surface area (Å²) in [4.78, 5) is 19.2. The number of carbonyl (C=O) groups is 2. The van der Waals surface area contributed by atoms with Gasteiger partial charge in [0.25, 0.3) is 0 Å². The largest absolute Gasteiger partial charge is 0.505 e. The molecule has 0 aliphatic rings. The zero-order chi connectivity index (χ0) is 7.98. The van der Waals surface area contributed by atoms with Crippen molar-refractivity contribution >= 4 is 12.3 Å². The van der Waals surface area contributed by atoms with E-state index in [0.717, 1.165) is 0 Å². The van der Waals surface area contributed by atoms with Crippen LogP contribution in [-0.2, 0) is 9.47 Å². The van der Waals surface area contributed by atoms with E-state index in [4.69, 9.17) is 10.2 Å². The molecule has 0 aromatic rings. The second kappa shape index (κ2) is 6.62. The normalized spacial score (nSPS) is 7.64. The summed E-state index contributed by atoms with van der Waals surface area (Å²) < 4.78 is 7.84. The van der Waals surface area contributed by atoms with Crippen LogP contribution in [0, 0.1) is 0 Å². The maximum Gasteiger partial charge on any atom is 0.505 e. The Bertz CT molecular complexity index is 119. The van der Waals surface area contributed by atoms with Crippen molar-refractivity contribution < 1.29 is 29.3 Å². The SMILES string of the molecule is N.O=C(O)OCCOC(=O)O. The van der Waals surface area contributed by atoms with Crippen LogP contribution < -0.4 is 6.15 Å². The molecule has 0 spiro atoms. The van der Waals surface area contributed by atoms with E-state index in [9.17, 15) is 9.59 Å². The number of rotatable bonds is 3. The van der Waals surface area contributed by atoms with Crippen molar-refractivity contribution in [1.29, 1.82) is 0 Å². The van der Waals surface area contributed by atoms with Crippen molar-refractivity contribution in [2.45, 2.75) is 0 Å². The first-order valence-electron chi connectivity index (χ1n) is 2.34. The highest BCUT2D eigenvalue weighted by atomic mass is 16.7. The fourth-order valence-electron chi connectivity index (χ4n) is 0.258. The van der Waals surface area contributed by atoms with Crippen LogP contribution in [0.2, 0.25) is 0 Å². The molecule has 0 fully saturated rings. The number of ether oxygens (including phenoxy) is 2. The molecule has 11 heavy (non-hydrogen) atoms. The van der Waals surface area contributed by atoms with Crippen molar-refractivity contribution in [3.05, 3.63) is 0 Å². The van der Waals surface area contributed by atoms with Gasteiger partial charge in [-0.3, -0.25) is 0 Å². The molecule has 7 heteroatoms. The van der Waals surface area contributed by atoms with Crippen molar-refractivity contribution in [1.82, 2.24) is 6.15 Å². The molecule has 0 aliphatic heterocycles. The van der Waals surface area contributed by atoms with Gasteiger partial charge in [-0.25, -0.2) is 9.59 Å². The molecule has 0 amide bonds. The molecule has 0 rings (SSSR count). The zero-order valence-electron chi connectivity index (χ0n) is 5.65. The molecule has 0 aromatic heterocycles. The second-order valence-corrected chi connectivity index (χ2v) is 1.23. The highest BCUT2D eigenvalue weighted by Crippen LogP contribution is 1.79. The molecule has 5 N–H and O–H groups in total. The summed E-state index contributed by atoms with van der Waals surface area (Å²) in [5.41, 5.74) is 0. The lowest BCUT2D eigenvalue weighted by molar-refractivity contribution is 0.0472. The minimum atomic E-state index is -1.45. The Morgan fingerprint density at radius 2 is 1.27 bits per heavy atom. The quantitative estimate of drug-likeness (QED) is 0.413. The summed E-state index contributed by atoms with van der Waals surface area (Å²) in [5, 5.41) is 15.7. The fourth-order valence-corrected chi connectivity index (χ4v) is 0.258. The Labute approximate surface area is 62.1 Å². The highest BCUT2D eigenvalue weighted by molar-refractivity contribution is 5.57. The predicted octanol–water partition coefficient (Wildman–Crippen LogP) is 0.538. The molecule has 0 heterocycles. The lowest BCUT2D eigenvalue weighted by Crippen LogP contribution is -2.10. The van der Waals surface area contributed by atoms with Gasteiger partial charge < -0.3 is 25.8 Å². The zero-order valence-corrected chi connectivity index (χ0v) is 5.65. The molecule has 0 radical (unpaired) electrons. The van der Waals surface area contributed by atoms with Crippen LogP contribution >= 0.6 is 0 Å². The smallest absolute Gasteiger partial charge is 0.450 e. The van der Waals surface area contributed by atoms with Crippen LogP contribution in [0.3, 0.4) is 0 Å². The Kier molecular flexibility index (Phi) is 7.34. The van der Waals surface area contributed by atoms with Crippen molar-refractivity contribution in [2.24, 2.45) is 0 Å². The number of carboxylic acid groups (broad SMARTS) is 2. The second-order valence-electron chi connectivity index (χ2n) is 1.23. The van der Waals surface area contributed by atoms with Gasteiger partial charge in [0, 0.05) is 0 Å². The van der Waals surface area contributed by atoms with Gasteiger partial charge in [-0.1, -0.05) is 0 Å². The van der Waals surface area contributed by atoms with Gasteiger partial charge in [-0.05, 0) is 0 Å². The maximum atomic E-state index is 9.62. The van der Waals surface area contributed by atoms with Crippen molar-refractivity contribution in [2.75, 3.05) is 13.2 Å². The highest BCUT2D eigenvalue weighted by Gasteiger charge is 1.98. The first-order valence-corrected chi connectivity index (χ1v) is 2.34. The average molecular weight is 167 g/mol. The minimum Gasteiger partial charge on any atom is -0.450 e. The molecule has 0 aliphatic carbocycles. The Morgan fingerprint density at radius 1 is 1.00 bits per heavy atom. The topological polar surface area (TPSA) is 128 Å². The van der Waals surface area contributed by atoms with E-state index < -0.39 is 12.3 Å². The van der Waals surface area contributed by atoms with Crippen LogP contribution in [-0.4, -0.2) is 35.7 Å². The first kappa shape index (κ1) is 12.2. The van der Waals surface area contributed by atoms with Gasteiger partial charge in [0.05, 0.1) is 0 Å². The molecule has 0 unspecified atom stereocenters. The number of hydrogen-bond acceptors (Lipinski definition) is 5. The Balaban J connectivity index is 0. The predicted molar refractivity (Wildman–Crippen MR) is 33.0 cm³/mol. The van der Waals surface area contributed by atoms with E-state index in [1.54, 1.807) is 0 Å². The van der Waals surface area contributed by atoms with Crippen molar-refractivity contribution in [3.63, 3.8) is 0 Å².